The maximum Gasteiger partial charge on any atom is 0.308 e. The van der Waals surface area contributed by atoms with Gasteiger partial charge in [0.1, 0.15) is 5.56 Å². The van der Waals surface area contributed by atoms with Gasteiger partial charge in [0.05, 0.1) is 10.8 Å². The Hall–Kier alpha value is -2.15. The number of aliphatic carboxylic acids is 1. The maximum atomic E-state index is 11.8. The van der Waals surface area contributed by atoms with Crippen LogP contribution in [0.3, 0.4) is 0 Å². The first-order valence-electron chi connectivity index (χ1n) is 5.28. The first-order valence-corrected chi connectivity index (χ1v) is 5.65. The van der Waals surface area contributed by atoms with Crippen LogP contribution in [0.15, 0.2) is 18.2 Å². The lowest BCUT2D eigenvalue weighted by Gasteiger charge is -2.08. The highest BCUT2D eigenvalue weighted by Crippen LogP contribution is 2.22. The van der Waals surface area contributed by atoms with Crippen LogP contribution in [-0.2, 0) is 4.79 Å². The molecule has 8 heteroatoms. The average molecular weight is 287 g/mol. The van der Waals surface area contributed by atoms with Gasteiger partial charge in [-0.3, -0.25) is 19.7 Å². The number of nitrogens with one attached hydrogen (secondary N) is 1. The van der Waals surface area contributed by atoms with Crippen molar-refractivity contribution < 1.29 is 19.6 Å². The van der Waals surface area contributed by atoms with Gasteiger partial charge in [0, 0.05) is 17.6 Å². The predicted molar refractivity (Wildman–Crippen MR) is 67.2 cm³/mol. The number of carbonyl (C=O) groups excluding carboxylic acids is 1. The molecule has 1 amide bonds. The number of carboxylic acid groups (broad SMARTS) is 1. The number of nitro groups is 1. The summed E-state index contributed by atoms with van der Waals surface area (Å²) in [7, 11) is 0. The predicted octanol–water partition coefficient (Wildman–Crippen LogP) is 1.70. The fourth-order valence-corrected chi connectivity index (χ4v) is 1.45. The van der Waals surface area contributed by atoms with Crippen molar-refractivity contribution in [3.8, 4) is 0 Å². The number of hydrogen-bond acceptors (Lipinski definition) is 4. The lowest BCUT2D eigenvalue weighted by Crippen LogP contribution is -2.31. The van der Waals surface area contributed by atoms with Crippen molar-refractivity contribution in [2.24, 2.45) is 5.92 Å². The van der Waals surface area contributed by atoms with E-state index in [4.69, 9.17) is 16.7 Å². The van der Waals surface area contributed by atoms with Crippen LogP contribution in [0.4, 0.5) is 5.69 Å². The van der Waals surface area contributed by atoms with Crippen molar-refractivity contribution >= 4 is 29.2 Å². The van der Waals surface area contributed by atoms with E-state index in [9.17, 15) is 19.7 Å². The molecule has 0 bridgehead atoms. The lowest BCUT2D eigenvalue weighted by atomic mass is 10.1. The van der Waals surface area contributed by atoms with E-state index in [1.165, 1.54) is 19.1 Å². The van der Waals surface area contributed by atoms with Gasteiger partial charge in [0.15, 0.2) is 0 Å². The van der Waals surface area contributed by atoms with Crippen LogP contribution < -0.4 is 5.32 Å². The first kappa shape index (κ1) is 14.9. The molecule has 0 aliphatic heterocycles. The number of amides is 1. The lowest BCUT2D eigenvalue weighted by molar-refractivity contribution is -0.385. The number of rotatable bonds is 5. The van der Waals surface area contributed by atoms with Crippen LogP contribution in [-0.4, -0.2) is 28.5 Å². The Kier molecular flexibility index (Phi) is 4.82. The van der Waals surface area contributed by atoms with Gasteiger partial charge in [-0.2, -0.15) is 0 Å². The summed E-state index contributed by atoms with van der Waals surface area (Å²) in [5, 5.41) is 21.9. The van der Waals surface area contributed by atoms with Crippen LogP contribution >= 0.6 is 11.6 Å². The normalized spacial score (nSPS) is 11.7. The Labute approximate surface area is 113 Å². The Morgan fingerprint density at radius 3 is 2.68 bits per heavy atom. The smallest absolute Gasteiger partial charge is 0.308 e. The molecular formula is C11H11ClN2O5. The third kappa shape index (κ3) is 3.92. The van der Waals surface area contributed by atoms with E-state index >= 15 is 0 Å². The molecule has 1 atom stereocenters. The number of carbonyl (C=O) groups is 2. The van der Waals surface area contributed by atoms with Crippen LogP contribution in [0.1, 0.15) is 17.3 Å². The molecule has 0 heterocycles. The standard InChI is InChI=1S/C11H11ClN2O5/c1-6(11(16)17)5-13-10(15)8-4-7(12)2-3-9(8)14(18)19/h2-4,6H,5H2,1H3,(H,13,15)(H,16,17). The summed E-state index contributed by atoms with van der Waals surface area (Å²) >= 11 is 5.68. The number of nitrogens with zero attached hydrogens (tertiary/aromatic N) is 1. The summed E-state index contributed by atoms with van der Waals surface area (Å²) in [4.78, 5) is 32.4. The minimum absolute atomic E-state index is 0.127. The van der Waals surface area contributed by atoms with Gasteiger partial charge in [-0.25, -0.2) is 0 Å². The molecule has 1 rings (SSSR count). The molecule has 0 radical (unpaired) electrons. The molecule has 7 nitrogen and oxygen atoms in total. The van der Waals surface area contributed by atoms with Gasteiger partial charge in [-0.05, 0) is 12.1 Å². The molecule has 0 saturated carbocycles. The average Bonchev–Trinajstić information content (AvgIpc) is 2.34. The summed E-state index contributed by atoms with van der Waals surface area (Å²) in [6, 6.07) is 3.59. The quantitative estimate of drug-likeness (QED) is 0.632. The van der Waals surface area contributed by atoms with Crippen molar-refractivity contribution in [1.29, 1.82) is 0 Å². The number of benzene rings is 1. The molecule has 0 aromatic heterocycles. The fraction of sp³-hybridized carbons (Fsp3) is 0.273. The number of halogens is 1. The first-order chi connectivity index (χ1) is 8.82. The third-order valence-electron chi connectivity index (χ3n) is 2.39. The van der Waals surface area contributed by atoms with Crippen molar-refractivity contribution in [1.82, 2.24) is 5.32 Å². The Bertz CT molecular complexity index is 532. The van der Waals surface area contributed by atoms with E-state index in [2.05, 4.69) is 5.32 Å². The zero-order valence-electron chi connectivity index (χ0n) is 9.92. The van der Waals surface area contributed by atoms with Crippen LogP contribution in [0.25, 0.3) is 0 Å². The summed E-state index contributed by atoms with van der Waals surface area (Å²) in [5.74, 6) is -2.59. The number of carboxylic acids is 1. The monoisotopic (exact) mass is 286 g/mol. The van der Waals surface area contributed by atoms with Gasteiger partial charge in [-0.1, -0.05) is 18.5 Å². The molecular weight excluding hydrogens is 276 g/mol. The fourth-order valence-electron chi connectivity index (χ4n) is 1.28. The second-order valence-electron chi connectivity index (χ2n) is 3.87. The van der Waals surface area contributed by atoms with E-state index in [1.807, 2.05) is 0 Å². The summed E-state index contributed by atoms with van der Waals surface area (Å²) in [6.07, 6.45) is 0. The number of hydrogen-bond donors (Lipinski definition) is 2. The molecule has 2 N–H and O–H groups in total. The molecule has 19 heavy (non-hydrogen) atoms. The number of nitro benzene ring substituents is 1. The van der Waals surface area contributed by atoms with Gasteiger partial charge in [0.25, 0.3) is 11.6 Å². The highest BCUT2D eigenvalue weighted by atomic mass is 35.5. The van der Waals surface area contributed by atoms with Crippen LogP contribution in [0.5, 0.6) is 0 Å². The van der Waals surface area contributed by atoms with Gasteiger partial charge < -0.3 is 10.4 Å². The minimum Gasteiger partial charge on any atom is -0.481 e. The molecule has 0 spiro atoms. The maximum absolute atomic E-state index is 11.8. The zero-order chi connectivity index (χ0) is 14.6. The topological polar surface area (TPSA) is 110 Å². The second kappa shape index (κ2) is 6.14. The van der Waals surface area contributed by atoms with Crippen molar-refractivity contribution in [3.05, 3.63) is 38.9 Å². The largest absolute Gasteiger partial charge is 0.481 e. The molecule has 102 valence electrons. The molecule has 0 aliphatic carbocycles. The second-order valence-corrected chi connectivity index (χ2v) is 4.30. The van der Waals surface area contributed by atoms with Crippen LogP contribution in [0, 0.1) is 16.0 Å². The molecule has 1 unspecified atom stereocenters. The van der Waals surface area contributed by atoms with Crippen molar-refractivity contribution in [2.45, 2.75) is 6.92 Å². The molecule has 1 aromatic rings. The third-order valence-corrected chi connectivity index (χ3v) is 2.63. The van der Waals surface area contributed by atoms with Crippen molar-refractivity contribution in [2.75, 3.05) is 6.54 Å². The zero-order valence-corrected chi connectivity index (χ0v) is 10.7. The highest BCUT2D eigenvalue weighted by Gasteiger charge is 2.21. The van der Waals surface area contributed by atoms with E-state index < -0.39 is 22.7 Å². The van der Waals surface area contributed by atoms with Gasteiger partial charge >= 0.3 is 5.97 Å². The summed E-state index contributed by atoms with van der Waals surface area (Å²) in [6.45, 7) is 1.28. The van der Waals surface area contributed by atoms with Gasteiger partial charge in [-0.15, -0.1) is 0 Å². The van der Waals surface area contributed by atoms with E-state index in [0.29, 0.717) is 0 Å². The SMILES string of the molecule is CC(CNC(=O)c1cc(Cl)ccc1[N+](=O)[O-])C(=O)O. The molecule has 1 aromatic carbocycles. The summed E-state index contributed by atoms with van der Waals surface area (Å²) < 4.78 is 0. The van der Waals surface area contributed by atoms with E-state index in [-0.39, 0.29) is 22.8 Å². The molecule has 0 saturated heterocycles. The highest BCUT2D eigenvalue weighted by molar-refractivity contribution is 6.31. The molecule has 0 fully saturated rings. The van der Waals surface area contributed by atoms with E-state index in [1.54, 1.807) is 0 Å². The minimum atomic E-state index is -1.07. The Morgan fingerprint density at radius 2 is 2.16 bits per heavy atom. The summed E-state index contributed by atoms with van der Waals surface area (Å²) in [5.41, 5.74) is -0.583. The molecule has 0 aliphatic rings. The van der Waals surface area contributed by atoms with E-state index in [0.717, 1.165) is 6.07 Å². The Balaban J connectivity index is 2.90. The van der Waals surface area contributed by atoms with Gasteiger partial charge in [0.2, 0.25) is 0 Å². The van der Waals surface area contributed by atoms with Crippen molar-refractivity contribution in [3.63, 3.8) is 0 Å². The Morgan fingerprint density at radius 1 is 1.53 bits per heavy atom. The van der Waals surface area contributed by atoms with Crippen LogP contribution in [0.2, 0.25) is 5.02 Å².